The quantitative estimate of drug-likeness (QED) is 0.418. The Hall–Kier alpha value is -1.89. The summed E-state index contributed by atoms with van der Waals surface area (Å²) < 4.78 is 17.2. The lowest BCUT2D eigenvalue weighted by Crippen LogP contribution is -2.53. The Bertz CT molecular complexity index is 619. The largest absolute Gasteiger partial charge is 0.481 e. The molecule has 0 aliphatic carbocycles. The van der Waals surface area contributed by atoms with Gasteiger partial charge in [0.2, 0.25) is 0 Å². The standard InChI is InChI=1S/C19H28O7/c1-7-13(20)25-18(3,4)14-11-8-9-12(24-11)15(14)19(5,6)26-17(23)10(2)16(21)22/h8-12,14-15H,7H2,1-6H3,(H,21,22). The number of hydrogen-bond acceptors (Lipinski definition) is 6. The molecule has 0 amide bonds. The molecular formula is C19H28O7. The van der Waals surface area contributed by atoms with Gasteiger partial charge in [-0.25, -0.2) is 0 Å². The molecule has 0 aromatic carbocycles. The number of hydrogen-bond donors (Lipinski definition) is 1. The third-order valence-corrected chi connectivity index (χ3v) is 5.26. The van der Waals surface area contributed by atoms with Crippen molar-refractivity contribution in [2.24, 2.45) is 17.8 Å². The maximum absolute atomic E-state index is 12.2. The molecule has 0 radical (unpaired) electrons. The summed E-state index contributed by atoms with van der Waals surface area (Å²) in [7, 11) is 0. The Balaban J connectivity index is 2.27. The van der Waals surface area contributed by atoms with Gasteiger partial charge < -0.3 is 19.3 Å². The van der Waals surface area contributed by atoms with Gasteiger partial charge in [-0.05, 0) is 34.6 Å². The molecule has 0 aromatic rings. The Morgan fingerprint density at radius 3 is 1.92 bits per heavy atom. The van der Waals surface area contributed by atoms with E-state index in [1.54, 1.807) is 20.8 Å². The van der Waals surface area contributed by atoms with Crippen molar-refractivity contribution < 1.29 is 33.7 Å². The smallest absolute Gasteiger partial charge is 0.320 e. The number of carboxylic acid groups (broad SMARTS) is 1. The maximum Gasteiger partial charge on any atom is 0.320 e. The van der Waals surface area contributed by atoms with Crippen LogP contribution >= 0.6 is 0 Å². The van der Waals surface area contributed by atoms with Crippen LogP contribution in [0, 0.1) is 17.8 Å². The molecule has 2 aliphatic heterocycles. The first kappa shape index (κ1) is 20.4. The van der Waals surface area contributed by atoms with Gasteiger partial charge in [-0.15, -0.1) is 0 Å². The predicted molar refractivity (Wildman–Crippen MR) is 92.2 cm³/mol. The second kappa shape index (κ2) is 7.02. The van der Waals surface area contributed by atoms with E-state index in [1.165, 1.54) is 6.92 Å². The summed E-state index contributed by atoms with van der Waals surface area (Å²) in [6.45, 7) is 10.2. The van der Waals surface area contributed by atoms with E-state index in [-0.39, 0.29) is 36.4 Å². The molecule has 1 saturated heterocycles. The lowest BCUT2D eigenvalue weighted by molar-refractivity contribution is -0.182. The minimum absolute atomic E-state index is 0.226. The first-order valence-corrected chi connectivity index (χ1v) is 8.92. The monoisotopic (exact) mass is 368 g/mol. The maximum atomic E-state index is 12.2. The fraction of sp³-hybridized carbons (Fsp3) is 0.737. The van der Waals surface area contributed by atoms with Crippen LogP contribution in [0.2, 0.25) is 0 Å². The van der Waals surface area contributed by atoms with Gasteiger partial charge in [0.1, 0.15) is 11.2 Å². The van der Waals surface area contributed by atoms with E-state index in [9.17, 15) is 14.4 Å². The van der Waals surface area contributed by atoms with E-state index in [2.05, 4.69) is 0 Å². The molecule has 0 aromatic heterocycles. The molecule has 1 fully saturated rings. The van der Waals surface area contributed by atoms with Gasteiger partial charge in [-0.3, -0.25) is 14.4 Å². The first-order valence-electron chi connectivity index (χ1n) is 8.92. The molecule has 0 saturated carbocycles. The number of carbonyl (C=O) groups is 3. The van der Waals surface area contributed by atoms with Crippen LogP contribution in [0.25, 0.3) is 0 Å². The Kier molecular flexibility index (Phi) is 5.52. The number of carbonyl (C=O) groups excluding carboxylic acids is 2. The van der Waals surface area contributed by atoms with Gasteiger partial charge in [0.25, 0.3) is 0 Å². The number of aliphatic carboxylic acids is 1. The molecule has 2 bridgehead atoms. The molecule has 5 unspecified atom stereocenters. The molecule has 2 rings (SSSR count). The minimum Gasteiger partial charge on any atom is -0.481 e. The fourth-order valence-corrected chi connectivity index (χ4v) is 3.91. The summed E-state index contributed by atoms with van der Waals surface area (Å²) in [4.78, 5) is 35.1. The molecule has 7 nitrogen and oxygen atoms in total. The molecule has 7 heteroatoms. The zero-order valence-corrected chi connectivity index (χ0v) is 16.1. The Morgan fingerprint density at radius 2 is 1.50 bits per heavy atom. The summed E-state index contributed by atoms with van der Waals surface area (Å²) in [5.41, 5.74) is -1.82. The lowest BCUT2D eigenvalue weighted by atomic mass is 9.67. The third kappa shape index (κ3) is 3.77. The van der Waals surface area contributed by atoms with Gasteiger partial charge in [-0.1, -0.05) is 19.1 Å². The Labute approximate surface area is 153 Å². The van der Waals surface area contributed by atoms with Gasteiger partial charge in [0, 0.05) is 18.3 Å². The average Bonchev–Trinajstić information content (AvgIpc) is 3.14. The fourth-order valence-electron chi connectivity index (χ4n) is 3.91. The predicted octanol–water partition coefficient (Wildman–Crippen LogP) is 2.33. The summed E-state index contributed by atoms with van der Waals surface area (Å²) in [5.74, 6) is -4.10. The van der Waals surface area contributed by atoms with E-state index in [0.29, 0.717) is 0 Å². The van der Waals surface area contributed by atoms with Crippen LogP contribution in [0.5, 0.6) is 0 Å². The van der Waals surface area contributed by atoms with Crippen molar-refractivity contribution in [1.29, 1.82) is 0 Å². The van der Waals surface area contributed by atoms with Crippen molar-refractivity contribution in [3.8, 4) is 0 Å². The van der Waals surface area contributed by atoms with E-state index in [0.717, 1.165) is 0 Å². The van der Waals surface area contributed by atoms with Gasteiger partial charge >= 0.3 is 17.9 Å². The van der Waals surface area contributed by atoms with Crippen molar-refractivity contribution in [1.82, 2.24) is 0 Å². The summed E-state index contributed by atoms with van der Waals surface area (Å²) in [6, 6.07) is 0. The van der Waals surface area contributed by atoms with Gasteiger partial charge in [-0.2, -0.15) is 0 Å². The van der Waals surface area contributed by atoms with Crippen LogP contribution in [0.4, 0.5) is 0 Å². The van der Waals surface area contributed by atoms with Crippen LogP contribution in [-0.4, -0.2) is 46.4 Å². The number of rotatable bonds is 7. The topological polar surface area (TPSA) is 99.1 Å². The highest BCUT2D eigenvalue weighted by Gasteiger charge is 2.60. The third-order valence-electron chi connectivity index (χ3n) is 5.26. The van der Waals surface area contributed by atoms with E-state index >= 15 is 0 Å². The molecule has 26 heavy (non-hydrogen) atoms. The van der Waals surface area contributed by atoms with E-state index in [4.69, 9.17) is 19.3 Å². The summed E-state index contributed by atoms with van der Waals surface area (Å²) >= 11 is 0. The number of carboxylic acids is 1. The number of fused-ring (bicyclic) bond motifs is 2. The molecule has 2 aliphatic rings. The second-order valence-corrected chi connectivity index (χ2v) is 8.02. The highest BCUT2D eigenvalue weighted by molar-refractivity contribution is 5.93. The van der Waals surface area contributed by atoms with Crippen molar-refractivity contribution in [2.75, 3.05) is 0 Å². The molecule has 0 spiro atoms. The number of esters is 2. The SMILES string of the molecule is CCC(=O)OC(C)(C)C1C2C=CC(O2)C1C(C)(C)OC(=O)C(C)C(=O)O. The van der Waals surface area contributed by atoms with Crippen molar-refractivity contribution in [3.05, 3.63) is 12.2 Å². The van der Waals surface area contributed by atoms with Crippen LogP contribution in [-0.2, 0) is 28.6 Å². The lowest BCUT2D eigenvalue weighted by Gasteiger charge is -2.44. The summed E-state index contributed by atoms with van der Waals surface area (Å²) in [6.07, 6.45) is 3.58. The average molecular weight is 368 g/mol. The minimum atomic E-state index is -1.26. The van der Waals surface area contributed by atoms with Crippen molar-refractivity contribution in [2.45, 2.75) is 71.4 Å². The number of ether oxygens (including phenoxy) is 3. The van der Waals surface area contributed by atoms with Crippen molar-refractivity contribution in [3.63, 3.8) is 0 Å². The zero-order valence-electron chi connectivity index (χ0n) is 16.1. The highest BCUT2D eigenvalue weighted by atomic mass is 16.6. The molecule has 1 N–H and O–H groups in total. The van der Waals surface area contributed by atoms with Crippen LogP contribution in [0.3, 0.4) is 0 Å². The zero-order chi connectivity index (χ0) is 19.9. The van der Waals surface area contributed by atoms with Crippen LogP contribution < -0.4 is 0 Å². The first-order chi connectivity index (χ1) is 11.9. The molecule has 146 valence electrons. The van der Waals surface area contributed by atoms with E-state index < -0.39 is 29.1 Å². The van der Waals surface area contributed by atoms with Crippen molar-refractivity contribution >= 4 is 17.9 Å². The summed E-state index contributed by atoms with van der Waals surface area (Å²) in [5, 5.41) is 9.03. The molecular weight excluding hydrogens is 340 g/mol. The normalized spacial score (nSPS) is 28.7. The Morgan fingerprint density at radius 1 is 1.04 bits per heavy atom. The molecule has 2 heterocycles. The van der Waals surface area contributed by atoms with Crippen LogP contribution in [0.15, 0.2) is 12.2 Å². The van der Waals surface area contributed by atoms with E-state index in [1.807, 2.05) is 26.0 Å². The molecule has 5 atom stereocenters. The second-order valence-electron chi connectivity index (χ2n) is 8.02. The van der Waals surface area contributed by atoms with Gasteiger partial charge in [0.05, 0.1) is 12.2 Å². The highest BCUT2D eigenvalue weighted by Crippen LogP contribution is 2.51. The van der Waals surface area contributed by atoms with Gasteiger partial charge in [0.15, 0.2) is 5.92 Å². The van der Waals surface area contributed by atoms with Crippen LogP contribution in [0.1, 0.15) is 48.0 Å².